The van der Waals surface area contributed by atoms with Gasteiger partial charge in [0, 0.05) is 10.2 Å². The lowest BCUT2D eigenvalue weighted by atomic mass is 10.2. The van der Waals surface area contributed by atoms with Crippen LogP contribution in [0.2, 0.25) is 0 Å². The Morgan fingerprint density at radius 1 is 1.03 bits per heavy atom. The maximum Gasteiger partial charge on any atom is 0.329 e. The average molecular weight is 499 g/mol. The van der Waals surface area contributed by atoms with Crippen LogP contribution in [0.4, 0.5) is 5.69 Å². The number of halogens is 1. The minimum Gasteiger partial charge on any atom is -0.484 e. The second-order valence-electron chi connectivity index (χ2n) is 6.38. The van der Waals surface area contributed by atoms with E-state index >= 15 is 0 Å². The Bertz CT molecular complexity index is 1100. The molecule has 9 nitrogen and oxygen atoms in total. The Hall–Kier alpha value is -3.92. The van der Waals surface area contributed by atoms with E-state index in [1.165, 1.54) is 12.5 Å². The number of nitrogens with zero attached hydrogens (tertiary/aromatic N) is 1. The van der Waals surface area contributed by atoms with E-state index < -0.39 is 11.8 Å². The molecule has 0 saturated heterocycles. The van der Waals surface area contributed by atoms with Gasteiger partial charge in [-0.3, -0.25) is 14.4 Å². The second kappa shape index (κ2) is 11.5. The predicted octanol–water partition coefficient (Wildman–Crippen LogP) is 2.83. The van der Waals surface area contributed by atoms with Crippen LogP contribution in [0.5, 0.6) is 5.75 Å². The zero-order chi connectivity index (χ0) is 22.8. The summed E-state index contributed by atoms with van der Waals surface area (Å²) in [5, 5.41) is 8.90. The minimum absolute atomic E-state index is 0.0950. The molecule has 0 aliphatic rings. The zero-order valence-electron chi connectivity index (χ0n) is 16.7. The van der Waals surface area contributed by atoms with Crippen molar-refractivity contribution in [3.63, 3.8) is 0 Å². The number of ether oxygens (including phenoxy) is 1. The van der Waals surface area contributed by atoms with E-state index in [9.17, 15) is 14.4 Å². The minimum atomic E-state index is -0.912. The van der Waals surface area contributed by atoms with Crippen molar-refractivity contribution in [2.75, 3.05) is 11.9 Å². The maximum atomic E-state index is 12.0. The van der Waals surface area contributed by atoms with Crippen LogP contribution in [0.1, 0.15) is 11.3 Å². The van der Waals surface area contributed by atoms with Gasteiger partial charge in [0.25, 0.3) is 5.91 Å². The maximum absolute atomic E-state index is 12.0. The fraction of sp³-hybridized carbons (Fsp3) is 0.0909. The molecule has 3 aromatic rings. The van der Waals surface area contributed by atoms with E-state index in [-0.39, 0.29) is 19.1 Å². The van der Waals surface area contributed by atoms with E-state index in [1.807, 2.05) is 12.1 Å². The number of hydrazone groups is 1. The van der Waals surface area contributed by atoms with Gasteiger partial charge >= 0.3 is 11.8 Å². The fourth-order valence-corrected chi connectivity index (χ4v) is 2.71. The number of hydrogen-bond acceptors (Lipinski definition) is 6. The molecule has 0 bridgehead atoms. The lowest BCUT2D eigenvalue weighted by molar-refractivity contribution is -0.139. The molecule has 0 radical (unpaired) electrons. The van der Waals surface area contributed by atoms with E-state index in [0.717, 1.165) is 4.47 Å². The third-order valence-corrected chi connectivity index (χ3v) is 4.47. The first kappa shape index (κ1) is 22.8. The van der Waals surface area contributed by atoms with Gasteiger partial charge in [-0.1, -0.05) is 28.1 Å². The van der Waals surface area contributed by atoms with Gasteiger partial charge in [0.2, 0.25) is 0 Å². The van der Waals surface area contributed by atoms with Gasteiger partial charge in [-0.05, 0) is 54.1 Å². The summed E-state index contributed by atoms with van der Waals surface area (Å²) in [6, 6.07) is 17.3. The summed E-state index contributed by atoms with van der Waals surface area (Å²) in [5.41, 5.74) is 3.40. The van der Waals surface area contributed by atoms with Gasteiger partial charge in [0.15, 0.2) is 6.61 Å². The van der Waals surface area contributed by atoms with E-state index in [2.05, 4.69) is 37.1 Å². The topological polar surface area (TPSA) is 122 Å². The van der Waals surface area contributed by atoms with E-state index in [0.29, 0.717) is 22.8 Å². The normalized spacial score (nSPS) is 10.5. The average Bonchev–Trinajstić information content (AvgIpc) is 3.31. The molecule has 0 aliphatic heterocycles. The Morgan fingerprint density at radius 2 is 1.84 bits per heavy atom. The van der Waals surface area contributed by atoms with E-state index in [1.54, 1.807) is 48.5 Å². The van der Waals surface area contributed by atoms with Gasteiger partial charge in [-0.15, -0.1) is 0 Å². The van der Waals surface area contributed by atoms with Crippen LogP contribution in [0.15, 0.2) is 80.9 Å². The van der Waals surface area contributed by atoms with Crippen molar-refractivity contribution in [2.45, 2.75) is 6.54 Å². The lowest BCUT2D eigenvalue weighted by Gasteiger charge is -2.08. The van der Waals surface area contributed by atoms with Crippen molar-refractivity contribution < 1.29 is 23.5 Å². The highest BCUT2D eigenvalue weighted by Gasteiger charge is 2.12. The number of furan rings is 1. The van der Waals surface area contributed by atoms with Crippen LogP contribution in [0, 0.1) is 0 Å². The summed E-state index contributed by atoms with van der Waals surface area (Å²) in [4.78, 5) is 35.5. The van der Waals surface area contributed by atoms with Gasteiger partial charge in [-0.2, -0.15) is 5.10 Å². The Balaban J connectivity index is 1.43. The standard InChI is InChI=1S/C22H19BrN4O5/c23-16-6-8-17(9-7-16)26-20(28)14-32-18-4-1-3-15(11-18)12-25-27-22(30)21(29)24-13-19-5-2-10-31-19/h1-12H,13-14H2,(H,24,29)(H,26,28)(H,27,30)/b25-12-. The summed E-state index contributed by atoms with van der Waals surface area (Å²) in [6.07, 6.45) is 2.82. The number of anilines is 1. The molecule has 10 heteroatoms. The molecule has 0 spiro atoms. The van der Waals surface area contributed by atoms with Crippen molar-refractivity contribution in [2.24, 2.45) is 5.10 Å². The number of carbonyl (C=O) groups is 3. The van der Waals surface area contributed by atoms with E-state index in [4.69, 9.17) is 9.15 Å². The molecule has 2 aromatic carbocycles. The van der Waals surface area contributed by atoms with Gasteiger partial charge in [0.1, 0.15) is 11.5 Å². The van der Waals surface area contributed by atoms with Crippen molar-refractivity contribution >= 4 is 45.6 Å². The SMILES string of the molecule is O=C(COc1cccc(/C=N\NC(=O)C(=O)NCc2ccco2)c1)Nc1ccc(Br)cc1. The fourth-order valence-electron chi connectivity index (χ4n) is 2.44. The summed E-state index contributed by atoms with van der Waals surface area (Å²) >= 11 is 3.33. The highest BCUT2D eigenvalue weighted by atomic mass is 79.9. The molecule has 0 atom stereocenters. The Labute approximate surface area is 192 Å². The molecular weight excluding hydrogens is 480 g/mol. The zero-order valence-corrected chi connectivity index (χ0v) is 18.3. The van der Waals surface area contributed by atoms with Crippen LogP contribution in [-0.4, -0.2) is 30.5 Å². The monoisotopic (exact) mass is 498 g/mol. The van der Waals surface area contributed by atoms with Crippen LogP contribution in [-0.2, 0) is 20.9 Å². The third-order valence-electron chi connectivity index (χ3n) is 3.95. The van der Waals surface area contributed by atoms with Crippen molar-refractivity contribution in [3.8, 4) is 5.75 Å². The number of carbonyl (C=O) groups excluding carboxylic acids is 3. The largest absolute Gasteiger partial charge is 0.484 e. The molecule has 1 aromatic heterocycles. The molecule has 0 fully saturated rings. The summed E-state index contributed by atoms with van der Waals surface area (Å²) < 4.78 is 11.5. The predicted molar refractivity (Wildman–Crippen MR) is 121 cm³/mol. The highest BCUT2D eigenvalue weighted by Crippen LogP contribution is 2.15. The van der Waals surface area contributed by atoms with Crippen molar-refractivity contribution in [1.82, 2.24) is 10.7 Å². The molecule has 3 rings (SSSR count). The quantitative estimate of drug-likeness (QED) is 0.250. The second-order valence-corrected chi connectivity index (χ2v) is 7.29. The van der Waals surface area contributed by atoms with Crippen LogP contribution in [0.3, 0.4) is 0 Å². The van der Waals surface area contributed by atoms with Gasteiger partial charge in [-0.25, -0.2) is 5.43 Å². The number of benzene rings is 2. The number of rotatable bonds is 8. The number of hydrogen-bond donors (Lipinski definition) is 3. The molecule has 0 saturated carbocycles. The van der Waals surface area contributed by atoms with Crippen molar-refractivity contribution in [3.05, 3.63) is 82.7 Å². The Kier molecular flexibility index (Phi) is 8.15. The summed E-state index contributed by atoms with van der Waals surface area (Å²) in [7, 11) is 0. The smallest absolute Gasteiger partial charge is 0.329 e. The number of amides is 3. The van der Waals surface area contributed by atoms with Crippen molar-refractivity contribution in [1.29, 1.82) is 0 Å². The third kappa shape index (κ3) is 7.40. The first-order chi connectivity index (χ1) is 15.5. The van der Waals surface area contributed by atoms with Crippen LogP contribution in [0.25, 0.3) is 0 Å². The van der Waals surface area contributed by atoms with Crippen LogP contribution < -0.4 is 20.8 Å². The summed E-state index contributed by atoms with van der Waals surface area (Å²) in [5.74, 6) is -1.09. The molecule has 32 heavy (non-hydrogen) atoms. The molecular formula is C22H19BrN4O5. The van der Waals surface area contributed by atoms with Gasteiger partial charge in [0.05, 0.1) is 19.0 Å². The molecule has 1 heterocycles. The molecule has 3 N–H and O–H groups in total. The molecule has 3 amide bonds. The first-order valence-electron chi connectivity index (χ1n) is 9.41. The van der Waals surface area contributed by atoms with Crippen LogP contribution >= 0.6 is 15.9 Å². The first-order valence-corrected chi connectivity index (χ1v) is 10.2. The Morgan fingerprint density at radius 3 is 2.59 bits per heavy atom. The molecule has 0 aliphatic carbocycles. The molecule has 164 valence electrons. The molecule has 0 unspecified atom stereocenters. The summed E-state index contributed by atoms with van der Waals surface area (Å²) in [6.45, 7) is -0.0824. The number of nitrogens with one attached hydrogen (secondary N) is 3. The lowest BCUT2D eigenvalue weighted by Crippen LogP contribution is -2.37. The van der Waals surface area contributed by atoms with Gasteiger partial charge < -0.3 is 19.8 Å². The highest BCUT2D eigenvalue weighted by molar-refractivity contribution is 9.10.